The summed E-state index contributed by atoms with van der Waals surface area (Å²) in [6.45, 7) is -0.375. The van der Waals surface area contributed by atoms with E-state index in [1.165, 1.54) is 6.42 Å². The van der Waals surface area contributed by atoms with Gasteiger partial charge in [-0.15, -0.1) is 0 Å². The van der Waals surface area contributed by atoms with Gasteiger partial charge in [-0.1, -0.05) is 0 Å². The van der Waals surface area contributed by atoms with Crippen molar-refractivity contribution in [2.75, 3.05) is 13.2 Å². The van der Waals surface area contributed by atoms with E-state index < -0.39 is 0 Å². The maximum Gasteiger partial charge on any atom is 0.0876 e. The first-order valence-corrected chi connectivity index (χ1v) is 1.42. The fourth-order valence-electron chi connectivity index (χ4n) is 0.0527. The molecule has 2 nitrogen and oxygen atoms in total. The minimum atomic E-state index is -0.281. The van der Waals surface area contributed by atoms with E-state index in [0.717, 1.165) is 0 Å². The highest BCUT2D eigenvalue weighted by molar-refractivity contribution is 4.55. The van der Waals surface area contributed by atoms with Crippen LogP contribution in [-0.2, 0) is 5.11 Å². The van der Waals surface area contributed by atoms with Crippen molar-refractivity contribution < 1.29 is 10.2 Å². The van der Waals surface area contributed by atoms with Crippen molar-refractivity contribution in [3.63, 3.8) is 0 Å². The molecule has 0 aliphatic heterocycles. The highest BCUT2D eigenvalue weighted by Gasteiger charge is 1.73. The lowest BCUT2D eigenvalue weighted by atomic mass is 10.5. The summed E-state index contributed by atoms with van der Waals surface area (Å²) in [7, 11) is 0. The molecule has 0 heterocycles. The van der Waals surface area contributed by atoms with Crippen LogP contribution >= 0.6 is 0 Å². The molecule has 0 saturated heterocycles. The zero-order valence-corrected chi connectivity index (χ0v) is 2.85. The fourth-order valence-corrected chi connectivity index (χ4v) is 0.0527. The first-order chi connectivity index (χ1) is 2.41. The normalized spacial score (nSPS) is 8.40. The van der Waals surface area contributed by atoms with Gasteiger partial charge < -0.3 is 5.11 Å². The van der Waals surface area contributed by atoms with E-state index in [0.29, 0.717) is 0 Å². The molecule has 0 spiro atoms. The van der Waals surface area contributed by atoms with E-state index >= 15 is 0 Å². The van der Waals surface area contributed by atoms with Crippen LogP contribution in [0.15, 0.2) is 0 Å². The number of aliphatic hydroxyl groups is 1. The van der Waals surface area contributed by atoms with Crippen LogP contribution in [-0.4, -0.2) is 18.3 Å². The molecule has 0 aromatic heterocycles. The molecule has 2 heteroatoms. The summed E-state index contributed by atoms with van der Waals surface area (Å²) < 4.78 is 0. The van der Waals surface area contributed by atoms with Gasteiger partial charge in [-0.05, 0) is 0 Å². The lowest BCUT2D eigenvalue weighted by Gasteiger charge is -1.76. The van der Waals surface area contributed by atoms with Gasteiger partial charge in [0.05, 0.1) is 6.61 Å². The van der Waals surface area contributed by atoms with Crippen molar-refractivity contribution in [3.8, 4) is 0 Å². The Bertz CT molecular complexity index is 12.4. The van der Waals surface area contributed by atoms with E-state index in [9.17, 15) is 5.11 Å². The minimum absolute atomic E-state index is 0.0938. The van der Waals surface area contributed by atoms with E-state index in [1.54, 1.807) is 0 Å². The van der Waals surface area contributed by atoms with Crippen molar-refractivity contribution in [3.05, 3.63) is 6.42 Å². The summed E-state index contributed by atoms with van der Waals surface area (Å²) in [6.07, 6.45) is 1.25. The van der Waals surface area contributed by atoms with E-state index in [2.05, 4.69) is 0 Å². The Labute approximate surface area is 31.1 Å². The van der Waals surface area contributed by atoms with Gasteiger partial charge in [-0.25, -0.2) is 5.11 Å². The molecule has 5 heavy (non-hydrogen) atoms. The molecule has 2 radical (unpaired) electrons. The third-order valence-electron chi connectivity index (χ3n) is 0.247. The molecule has 0 unspecified atom stereocenters. The Morgan fingerprint density at radius 1 is 1.80 bits per heavy atom. The van der Waals surface area contributed by atoms with Crippen molar-refractivity contribution in [2.45, 2.75) is 0 Å². The van der Waals surface area contributed by atoms with Crippen LogP contribution in [0.2, 0.25) is 0 Å². The Kier molecular flexibility index (Phi) is 3.86. The second-order valence-corrected chi connectivity index (χ2v) is 0.638. The molecule has 0 atom stereocenters. The van der Waals surface area contributed by atoms with Gasteiger partial charge in [-0.3, -0.25) is 0 Å². The minimum Gasteiger partial charge on any atom is -0.396 e. The Balaban J connectivity index is 2.19. The number of rotatable bonds is 2. The van der Waals surface area contributed by atoms with Crippen molar-refractivity contribution in [1.82, 2.24) is 0 Å². The van der Waals surface area contributed by atoms with Crippen LogP contribution in [0.5, 0.6) is 0 Å². The van der Waals surface area contributed by atoms with Crippen LogP contribution in [0.4, 0.5) is 0 Å². The predicted molar refractivity (Wildman–Crippen MR) is 16.9 cm³/mol. The van der Waals surface area contributed by atoms with Gasteiger partial charge in [0.15, 0.2) is 0 Å². The topological polar surface area (TPSA) is 40.1 Å². The zero-order chi connectivity index (χ0) is 4.12. The summed E-state index contributed by atoms with van der Waals surface area (Å²) in [5, 5.41) is 17.1. The molecule has 0 aromatic carbocycles. The number of aliphatic hydroxyl groups excluding tert-OH is 1. The third kappa shape index (κ3) is 3.92. The maximum absolute atomic E-state index is 9.31. The largest absolute Gasteiger partial charge is 0.396 e. The monoisotopic (exact) mass is 74.0 g/mol. The van der Waals surface area contributed by atoms with Gasteiger partial charge in [0.2, 0.25) is 0 Å². The van der Waals surface area contributed by atoms with Crippen LogP contribution in [0, 0.1) is 6.42 Å². The number of hydrogen-bond acceptors (Lipinski definition) is 1. The van der Waals surface area contributed by atoms with Gasteiger partial charge >= 0.3 is 0 Å². The molecule has 0 rings (SSSR count). The first-order valence-electron chi connectivity index (χ1n) is 1.42. The highest BCUT2D eigenvalue weighted by atomic mass is 16.3. The quantitative estimate of drug-likeness (QED) is 0.476. The highest BCUT2D eigenvalue weighted by Crippen LogP contribution is 1.63. The Morgan fingerprint density at radius 3 is 2.40 bits per heavy atom. The van der Waals surface area contributed by atoms with Gasteiger partial charge in [0.25, 0.3) is 0 Å². The van der Waals surface area contributed by atoms with Crippen LogP contribution in [0.25, 0.3) is 0 Å². The number of hydrogen-bond donors (Lipinski definition) is 1. The molecule has 0 aromatic rings. The summed E-state index contributed by atoms with van der Waals surface area (Å²) >= 11 is 0. The van der Waals surface area contributed by atoms with E-state index in [-0.39, 0.29) is 13.2 Å². The molecular formula is C3H6O2. The van der Waals surface area contributed by atoms with E-state index in [4.69, 9.17) is 5.11 Å². The molecule has 1 N–H and O–H groups in total. The lowest BCUT2D eigenvalue weighted by Crippen LogP contribution is -1.85. The fraction of sp³-hybridized carbons (Fsp3) is 0.667. The summed E-state index contributed by atoms with van der Waals surface area (Å²) in [6, 6.07) is 0. The summed E-state index contributed by atoms with van der Waals surface area (Å²) in [5.74, 6) is 0. The SMILES string of the molecule is [O]C[CH]CO. The molecule has 0 fully saturated rings. The van der Waals surface area contributed by atoms with Crippen molar-refractivity contribution in [1.29, 1.82) is 0 Å². The Hall–Kier alpha value is -0.0800. The third-order valence-corrected chi connectivity index (χ3v) is 0.247. The van der Waals surface area contributed by atoms with Gasteiger partial charge in [-0.2, -0.15) is 0 Å². The molecule has 0 amide bonds. The smallest absolute Gasteiger partial charge is 0.0876 e. The lowest BCUT2D eigenvalue weighted by molar-refractivity contribution is 0.200. The molecule has 0 saturated carbocycles. The summed E-state index contributed by atoms with van der Waals surface area (Å²) in [5.41, 5.74) is 0. The molecule has 0 bridgehead atoms. The summed E-state index contributed by atoms with van der Waals surface area (Å²) in [4.78, 5) is 0. The average Bonchev–Trinajstić information content (AvgIpc) is 1.41. The Morgan fingerprint density at radius 2 is 2.40 bits per heavy atom. The van der Waals surface area contributed by atoms with Crippen molar-refractivity contribution >= 4 is 0 Å². The standard InChI is InChI=1S/C3H6O2/c4-2-1-3-5/h1,4H,2-3H2. The second kappa shape index (κ2) is 3.92. The second-order valence-electron chi connectivity index (χ2n) is 0.638. The zero-order valence-electron chi connectivity index (χ0n) is 2.85. The average molecular weight is 74.1 g/mol. The van der Waals surface area contributed by atoms with Gasteiger partial charge in [0, 0.05) is 13.0 Å². The molecule has 30 valence electrons. The van der Waals surface area contributed by atoms with Crippen LogP contribution in [0.1, 0.15) is 0 Å². The van der Waals surface area contributed by atoms with Crippen LogP contribution < -0.4 is 0 Å². The molecule has 0 aliphatic rings. The predicted octanol–water partition coefficient (Wildman–Crippen LogP) is -0.387. The first kappa shape index (κ1) is 4.92. The van der Waals surface area contributed by atoms with E-state index in [1.807, 2.05) is 0 Å². The van der Waals surface area contributed by atoms with Crippen LogP contribution in [0.3, 0.4) is 0 Å². The van der Waals surface area contributed by atoms with Gasteiger partial charge in [0.1, 0.15) is 0 Å². The maximum atomic E-state index is 9.31. The molecule has 0 aliphatic carbocycles. The van der Waals surface area contributed by atoms with Crippen molar-refractivity contribution in [2.24, 2.45) is 0 Å². The molecular weight excluding hydrogens is 68.0 g/mol.